The molecule has 1 aliphatic rings. The second-order valence-corrected chi connectivity index (χ2v) is 9.57. The number of carbonyl (C=O) groups is 2. The first-order valence-corrected chi connectivity index (χ1v) is 11.2. The van der Waals surface area contributed by atoms with Crippen LogP contribution in [0, 0.1) is 0 Å². The lowest BCUT2D eigenvalue weighted by atomic mass is 10.1. The monoisotopic (exact) mass is 533 g/mol. The van der Waals surface area contributed by atoms with E-state index in [0.29, 0.717) is 19.0 Å². The Morgan fingerprint density at radius 1 is 1.00 bits per heavy atom. The zero-order valence-corrected chi connectivity index (χ0v) is 20.4. The van der Waals surface area contributed by atoms with Crippen LogP contribution in [-0.4, -0.2) is 49.5 Å². The predicted octanol–water partition coefficient (Wildman–Crippen LogP) is 4.98. The Balaban J connectivity index is 1.83. The van der Waals surface area contributed by atoms with Gasteiger partial charge in [0.25, 0.3) is 0 Å². The van der Waals surface area contributed by atoms with Crippen molar-refractivity contribution in [1.82, 2.24) is 25.2 Å². The minimum absolute atomic E-state index is 0.0463. The molecule has 0 saturated carbocycles. The van der Waals surface area contributed by atoms with Gasteiger partial charge in [0.2, 0.25) is 11.7 Å². The highest BCUT2D eigenvalue weighted by Gasteiger charge is 2.41. The van der Waals surface area contributed by atoms with Crippen LogP contribution in [0.3, 0.4) is 0 Å². The zero-order chi connectivity index (χ0) is 27.8. The predicted molar refractivity (Wildman–Crippen MR) is 118 cm³/mol. The molecule has 2 atom stereocenters. The Bertz CT molecular complexity index is 1150. The molecule has 3 rings (SSSR count). The summed E-state index contributed by atoms with van der Waals surface area (Å²) in [5.41, 5.74) is -2.48. The number of likely N-dealkylation sites (tertiary alicyclic amines) is 1. The summed E-state index contributed by atoms with van der Waals surface area (Å²) in [6, 6.07) is -0.259. The van der Waals surface area contributed by atoms with Gasteiger partial charge in [-0.2, -0.15) is 26.3 Å². The van der Waals surface area contributed by atoms with Crippen LogP contribution in [0.25, 0.3) is 11.3 Å². The maximum atomic E-state index is 13.6. The number of ether oxygens (including phenoxy) is 1. The highest BCUT2D eigenvalue weighted by molar-refractivity contribution is 5.86. The van der Waals surface area contributed by atoms with Gasteiger partial charge in [0, 0.05) is 36.7 Å². The van der Waals surface area contributed by atoms with Gasteiger partial charge in [-0.25, -0.2) is 14.8 Å². The van der Waals surface area contributed by atoms with E-state index in [-0.39, 0.29) is 22.9 Å². The number of rotatable bonds is 4. The minimum atomic E-state index is -4.81. The van der Waals surface area contributed by atoms with Gasteiger partial charge in [0.05, 0.1) is 11.3 Å². The van der Waals surface area contributed by atoms with Crippen molar-refractivity contribution in [2.75, 3.05) is 0 Å². The third kappa shape index (κ3) is 6.86. The smallest absolute Gasteiger partial charge is 0.444 e. The van der Waals surface area contributed by atoms with Crippen molar-refractivity contribution in [1.29, 1.82) is 0 Å². The minimum Gasteiger partial charge on any atom is -0.444 e. The molecular formula is C23H25F6N5O3. The number of amides is 2. The van der Waals surface area contributed by atoms with Crippen molar-refractivity contribution >= 4 is 12.0 Å². The molecule has 37 heavy (non-hydrogen) atoms. The Morgan fingerprint density at radius 2 is 1.62 bits per heavy atom. The van der Waals surface area contributed by atoms with Crippen LogP contribution in [0.5, 0.6) is 0 Å². The van der Waals surface area contributed by atoms with Gasteiger partial charge in [-0.3, -0.25) is 14.7 Å². The first-order chi connectivity index (χ1) is 17.0. The zero-order valence-electron chi connectivity index (χ0n) is 20.4. The molecule has 202 valence electrons. The van der Waals surface area contributed by atoms with E-state index in [2.05, 4.69) is 20.3 Å². The van der Waals surface area contributed by atoms with Crippen LogP contribution < -0.4 is 5.32 Å². The first-order valence-electron chi connectivity index (χ1n) is 11.2. The van der Waals surface area contributed by atoms with E-state index in [0.717, 1.165) is 18.5 Å². The molecule has 0 unspecified atom stereocenters. The molecule has 8 nitrogen and oxygen atoms in total. The van der Waals surface area contributed by atoms with Crippen LogP contribution in [0.4, 0.5) is 31.1 Å². The van der Waals surface area contributed by atoms with Crippen LogP contribution in [0.1, 0.15) is 57.5 Å². The lowest BCUT2D eigenvalue weighted by Crippen LogP contribution is -2.49. The van der Waals surface area contributed by atoms with Gasteiger partial charge >= 0.3 is 18.4 Å². The Labute approximate surface area is 208 Å². The number of carbonyl (C=O) groups excluding carboxylic acids is 2. The van der Waals surface area contributed by atoms with Crippen molar-refractivity contribution in [2.45, 2.75) is 77.1 Å². The lowest BCUT2D eigenvalue weighted by Gasteiger charge is -2.30. The number of nitrogens with one attached hydrogen (secondary N) is 1. The maximum absolute atomic E-state index is 13.6. The van der Waals surface area contributed by atoms with E-state index >= 15 is 0 Å². The number of hydrogen-bond donors (Lipinski definition) is 1. The summed E-state index contributed by atoms with van der Waals surface area (Å²) < 4.78 is 84.3. The summed E-state index contributed by atoms with van der Waals surface area (Å²) in [5, 5.41) is 2.43. The fraction of sp³-hybridized carbons (Fsp3) is 0.522. The second-order valence-electron chi connectivity index (χ2n) is 9.57. The Morgan fingerprint density at radius 3 is 2.16 bits per heavy atom. The molecule has 2 amide bonds. The second kappa shape index (κ2) is 10.1. The van der Waals surface area contributed by atoms with E-state index in [1.54, 1.807) is 27.7 Å². The van der Waals surface area contributed by atoms with Gasteiger partial charge in [-0.15, -0.1) is 0 Å². The number of hydrogen-bond acceptors (Lipinski definition) is 6. The molecule has 0 radical (unpaired) electrons. The van der Waals surface area contributed by atoms with Crippen molar-refractivity contribution in [2.24, 2.45) is 0 Å². The highest BCUT2D eigenvalue weighted by Crippen LogP contribution is 2.34. The van der Waals surface area contributed by atoms with Crippen molar-refractivity contribution in [3.8, 4) is 11.3 Å². The van der Waals surface area contributed by atoms with Gasteiger partial charge in [-0.1, -0.05) is 0 Å². The average molecular weight is 533 g/mol. The van der Waals surface area contributed by atoms with E-state index in [1.807, 2.05) is 0 Å². The quantitative estimate of drug-likeness (QED) is 0.557. The largest absolute Gasteiger partial charge is 0.451 e. The number of halogens is 6. The molecule has 0 aliphatic carbocycles. The van der Waals surface area contributed by atoms with Crippen molar-refractivity contribution < 1.29 is 40.7 Å². The topological polar surface area (TPSA) is 97.3 Å². The third-order valence-corrected chi connectivity index (χ3v) is 5.52. The van der Waals surface area contributed by atoms with Crippen LogP contribution in [-0.2, 0) is 28.4 Å². The van der Waals surface area contributed by atoms with Gasteiger partial charge < -0.3 is 10.1 Å². The third-order valence-electron chi connectivity index (χ3n) is 5.52. The summed E-state index contributed by atoms with van der Waals surface area (Å²) in [4.78, 5) is 36.9. The molecule has 1 N–H and O–H groups in total. The highest BCUT2D eigenvalue weighted by atomic mass is 19.4. The van der Waals surface area contributed by atoms with E-state index in [9.17, 15) is 35.9 Å². The van der Waals surface area contributed by atoms with Gasteiger partial charge in [0.15, 0.2) is 0 Å². The van der Waals surface area contributed by atoms with Crippen molar-refractivity contribution in [3.05, 3.63) is 41.6 Å². The molecular weight excluding hydrogens is 508 g/mol. The summed E-state index contributed by atoms with van der Waals surface area (Å²) in [7, 11) is 0. The summed E-state index contributed by atoms with van der Waals surface area (Å²) in [5.74, 6) is -2.07. The molecule has 2 aromatic heterocycles. The summed E-state index contributed by atoms with van der Waals surface area (Å²) in [6.07, 6.45) is -7.39. The lowest BCUT2D eigenvalue weighted by molar-refractivity contribution is -0.145. The number of alkyl halides is 6. The van der Waals surface area contributed by atoms with E-state index in [4.69, 9.17) is 4.74 Å². The van der Waals surface area contributed by atoms with Crippen LogP contribution >= 0.6 is 0 Å². The molecule has 0 aromatic carbocycles. The fourth-order valence-electron chi connectivity index (χ4n) is 3.83. The fourth-order valence-corrected chi connectivity index (χ4v) is 3.83. The standard InChI is InChI=1S/C23H25F6N5O3/c1-12-5-6-17(34(12)20(36)37-21(2,3)4)18(35)31-8-13-7-16(30-11-15(13)22(24,25)26)14-9-32-19(33-10-14)23(27,28)29/h7,9-12,17H,5-6,8H2,1-4H3,(H,31,35)/t12-,17-/m0/s1. The van der Waals surface area contributed by atoms with E-state index in [1.165, 1.54) is 4.90 Å². The molecule has 1 aliphatic heterocycles. The maximum Gasteiger partial charge on any atom is 0.451 e. The summed E-state index contributed by atoms with van der Waals surface area (Å²) >= 11 is 0. The molecule has 1 fully saturated rings. The normalized spacial score (nSPS) is 18.6. The number of aromatic nitrogens is 3. The molecule has 3 heterocycles. The number of pyridine rings is 1. The Hall–Kier alpha value is -3.45. The molecule has 0 bridgehead atoms. The number of nitrogens with zero attached hydrogens (tertiary/aromatic N) is 4. The van der Waals surface area contributed by atoms with E-state index < -0.39 is 53.9 Å². The summed E-state index contributed by atoms with van der Waals surface area (Å²) in [6.45, 7) is 6.17. The molecule has 1 saturated heterocycles. The molecule has 2 aromatic rings. The SMILES string of the molecule is C[C@H]1CC[C@@H](C(=O)NCc2cc(-c3cnc(C(F)(F)F)nc3)ncc2C(F)(F)F)N1C(=O)OC(C)(C)C. The first kappa shape index (κ1) is 28.1. The van der Waals surface area contributed by atoms with Gasteiger partial charge in [0.1, 0.15) is 11.6 Å². The van der Waals surface area contributed by atoms with Crippen molar-refractivity contribution in [3.63, 3.8) is 0 Å². The molecule has 14 heteroatoms. The van der Waals surface area contributed by atoms with Crippen LogP contribution in [0.15, 0.2) is 24.7 Å². The Kier molecular flexibility index (Phi) is 7.70. The van der Waals surface area contributed by atoms with Crippen LogP contribution in [0.2, 0.25) is 0 Å². The average Bonchev–Trinajstić information content (AvgIpc) is 3.16. The molecule has 0 spiro atoms. The van der Waals surface area contributed by atoms with Gasteiger partial charge in [-0.05, 0) is 52.2 Å².